The topological polar surface area (TPSA) is 38.7 Å². The molecule has 0 saturated heterocycles. The molecule has 21 heavy (non-hydrogen) atoms. The van der Waals surface area contributed by atoms with Crippen LogP contribution in [0.5, 0.6) is 11.5 Å². The third kappa shape index (κ3) is 3.80. The van der Waals surface area contributed by atoms with E-state index in [0.717, 1.165) is 19.4 Å². The summed E-state index contributed by atoms with van der Waals surface area (Å²) in [7, 11) is 0. The highest BCUT2D eigenvalue weighted by Crippen LogP contribution is 2.41. The van der Waals surface area contributed by atoms with Crippen LogP contribution in [0.15, 0.2) is 32.5 Å². The zero-order valence-electron chi connectivity index (χ0n) is 11.7. The van der Waals surface area contributed by atoms with E-state index in [4.69, 9.17) is 9.47 Å². The van der Waals surface area contributed by atoms with Gasteiger partial charge in [0.25, 0.3) is 0 Å². The maximum atomic E-state index is 10.6. The molecule has 0 aliphatic carbocycles. The average molecular weight is 436 g/mol. The second-order valence-electron chi connectivity index (χ2n) is 4.22. The van der Waals surface area contributed by atoms with Crippen molar-refractivity contribution in [1.29, 1.82) is 0 Å². The standard InChI is InChI=1S/C15H16Br2O3S/c1-3-19-12-7-9(11(17)8-13(12)20-4-2)14(18)15-10(16)5-6-21-15/h5-8,14,18H,3-4H2,1-2H3. The number of hydrogen-bond acceptors (Lipinski definition) is 4. The molecule has 0 amide bonds. The van der Waals surface area contributed by atoms with Gasteiger partial charge in [-0.15, -0.1) is 11.3 Å². The van der Waals surface area contributed by atoms with Crippen LogP contribution in [0.3, 0.4) is 0 Å². The summed E-state index contributed by atoms with van der Waals surface area (Å²) in [5.41, 5.74) is 0.755. The van der Waals surface area contributed by atoms with Crippen LogP contribution in [0.25, 0.3) is 0 Å². The highest BCUT2D eigenvalue weighted by molar-refractivity contribution is 9.10. The molecule has 6 heteroatoms. The Morgan fingerprint density at radius 1 is 1.10 bits per heavy atom. The van der Waals surface area contributed by atoms with E-state index in [1.54, 1.807) is 0 Å². The van der Waals surface area contributed by atoms with E-state index < -0.39 is 6.10 Å². The molecule has 0 radical (unpaired) electrons. The van der Waals surface area contributed by atoms with Gasteiger partial charge in [0.15, 0.2) is 11.5 Å². The number of aliphatic hydroxyl groups is 1. The van der Waals surface area contributed by atoms with Crippen LogP contribution in [-0.4, -0.2) is 18.3 Å². The van der Waals surface area contributed by atoms with Crippen molar-refractivity contribution in [2.45, 2.75) is 20.0 Å². The van der Waals surface area contributed by atoms with Crippen molar-refractivity contribution >= 4 is 43.2 Å². The lowest BCUT2D eigenvalue weighted by Crippen LogP contribution is -2.03. The maximum absolute atomic E-state index is 10.6. The zero-order valence-corrected chi connectivity index (χ0v) is 15.7. The second kappa shape index (κ2) is 7.63. The summed E-state index contributed by atoms with van der Waals surface area (Å²) < 4.78 is 12.9. The van der Waals surface area contributed by atoms with Gasteiger partial charge in [0.05, 0.1) is 18.1 Å². The monoisotopic (exact) mass is 434 g/mol. The van der Waals surface area contributed by atoms with Gasteiger partial charge in [-0.3, -0.25) is 0 Å². The molecule has 1 aromatic carbocycles. The first kappa shape index (κ1) is 16.8. The summed E-state index contributed by atoms with van der Waals surface area (Å²) in [4.78, 5) is 0.863. The minimum Gasteiger partial charge on any atom is -0.490 e. The second-order valence-corrected chi connectivity index (χ2v) is 6.88. The number of rotatable bonds is 6. The van der Waals surface area contributed by atoms with Crippen LogP contribution < -0.4 is 9.47 Å². The fraction of sp³-hybridized carbons (Fsp3) is 0.333. The van der Waals surface area contributed by atoms with Crippen molar-refractivity contribution in [1.82, 2.24) is 0 Å². The highest BCUT2D eigenvalue weighted by atomic mass is 79.9. The van der Waals surface area contributed by atoms with Crippen molar-refractivity contribution in [3.63, 3.8) is 0 Å². The summed E-state index contributed by atoms with van der Waals surface area (Å²) >= 11 is 8.47. The van der Waals surface area contributed by atoms with Crippen molar-refractivity contribution in [3.8, 4) is 11.5 Å². The summed E-state index contributed by atoms with van der Waals surface area (Å²) in [6.45, 7) is 4.95. The summed E-state index contributed by atoms with van der Waals surface area (Å²) in [6, 6.07) is 5.60. The Morgan fingerprint density at radius 2 is 1.71 bits per heavy atom. The van der Waals surface area contributed by atoms with E-state index in [9.17, 15) is 5.11 Å². The van der Waals surface area contributed by atoms with Gasteiger partial charge < -0.3 is 14.6 Å². The third-order valence-corrected chi connectivity index (χ3v) is 5.46. The molecule has 3 nitrogen and oxygen atoms in total. The van der Waals surface area contributed by atoms with Gasteiger partial charge in [0, 0.05) is 14.5 Å². The molecule has 114 valence electrons. The number of halogens is 2. The lowest BCUT2D eigenvalue weighted by atomic mass is 10.1. The molecule has 1 unspecified atom stereocenters. The van der Waals surface area contributed by atoms with Crippen LogP contribution in [0.4, 0.5) is 0 Å². The molecule has 0 spiro atoms. The number of thiophene rings is 1. The highest BCUT2D eigenvalue weighted by Gasteiger charge is 2.20. The fourth-order valence-corrected chi connectivity index (χ4v) is 4.07. The maximum Gasteiger partial charge on any atom is 0.162 e. The predicted octanol–water partition coefficient (Wildman–Crippen LogP) is 5.15. The van der Waals surface area contributed by atoms with Crippen molar-refractivity contribution in [2.24, 2.45) is 0 Å². The van der Waals surface area contributed by atoms with E-state index >= 15 is 0 Å². The lowest BCUT2D eigenvalue weighted by molar-refractivity contribution is 0.221. The molecule has 1 atom stereocenters. The van der Waals surface area contributed by atoms with Crippen molar-refractivity contribution < 1.29 is 14.6 Å². The molecule has 0 fully saturated rings. The van der Waals surface area contributed by atoms with Gasteiger partial charge in [-0.25, -0.2) is 0 Å². The number of ether oxygens (including phenoxy) is 2. The first-order valence-electron chi connectivity index (χ1n) is 6.58. The Kier molecular flexibility index (Phi) is 6.10. The zero-order chi connectivity index (χ0) is 15.4. The molecule has 0 aliphatic rings. The Hall–Kier alpha value is -0.560. The van der Waals surface area contributed by atoms with Gasteiger partial charge in [0.1, 0.15) is 6.10 Å². The molecule has 0 aliphatic heterocycles. The Balaban J connectivity index is 2.44. The Labute approximate surface area is 145 Å². The van der Waals surface area contributed by atoms with Gasteiger partial charge in [-0.1, -0.05) is 15.9 Å². The molecule has 0 bridgehead atoms. The number of hydrogen-bond donors (Lipinski definition) is 1. The van der Waals surface area contributed by atoms with Crippen LogP contribution in [-0.2, 0) is 0 Å². The minimum absolute atomic E-state index is 0.542. The molecular weight excluding hydrogens is 420 g/mol. The van der Waals surface area contributed by atoms with E-state index in [2.05, 4.69) is 31.9 Å². The predicted molar refractivity (Wildman–Crippen MR) is 92.6 cm³/mol. The Bertz CT molecular complexity index is 613. The SMILES string of the molecule is CCOc1cc(Br)c(C(O)c2sccc2Br)cc1OCC. The van der Waals surface area contributed by atoms with E-state index in [0.29, 0.717) is 24.7 Å². The van der Waals surface area contributed by atoms with Crippen LogP contribution >= 0.6 is 43.2 Å². The van der Waals surface area contributed by atoms with Crippen molar-refractivity contribution in [2.75, 3.05) is 13.2 Å². The normalized spacial score (nSPS) is 12.2. The van der Waals surface area contributed by atoms with E-state index in [1.165, 1.54) is 11.3 Å². The molecule has 2 rings (SSSR count). The van der Waals surface area contributed by atoms with Gasteiger partial charge in [0.2, 0.25) is 0 Å². The molecule has 1 N–H and O–H groups in total. The largest absolute Gasteiger partial charge is 0.490 e. The molecule has 2 aromatic rings. The number of benzene rings is 1. The smallest absolute Gasteiger partial charge is 0.162 e. The van der Waals surface area contributed by atoms with Gasteiger partial charge >= 0.3 is 0 Å². The van der Waals surface area contributed by atoms with E-state index in [1.807, 2.05) is 37.4 Å². The average Bonchev–Trinajstić information content (AvgIpc) is 2.87. The summed E-state index contributed by atoms with van der Waals surface area (Å²) in [5.74, 6) is 1.32. The van der Waals surface area contributed by atoms with Gasteiger partial charge in [-0.2, -0.15) is 0 Å². The molecule has 1 aromatic heterocycles. The number of aliphatic hydroxyl groups excluding tert-OH is 1. The van der Waals surface area contributed by atoms with Crippen LogP contribution in [0.1, 0.15) is 30.4 Å². The Morgan fingerprint density at radius 3 is 2.24 bits per heavy atom. The first-order valence-corrected chi connectivity index (χ1v) is 9.05. The minimum atomic E-state index is -0.719. The first-order chi connectivity index (χ1) is 10.1. The lowest BCUT2D eigenvalue weighted by Gasteiger charge is -2.17. The summed E-state index contributed by atoms with van der Waals surface area (Å²) in [5, 5.41) is 12.5. The fourth-order valence-electron chi connectivity index (χ4n) is 1.94. The van der Waals surface area contributed by atoms with Crippen LogP contribution in [0.2, 0.25) is 0 Å². The molecule has 0 saturated carbocycles. The molecular formula is C15H16Br2O3S. The van der Waals surface area contributed by atoms with Crippen LogP contribution in [0, 0.1) is 0 Å². The van der Waals surface area contributed by atoms with Crippen molar-refractivity contribution in [3.05, 3.63) is 43.0 Å². The van der Waals surface area contributed by atoms with E-state index in [-0.39, 0.29) is 0 Å². The third-order valence-electron chi connectivity index (χ3n) is 2.85. The quantitative estimate of drug-likeness (QED) is 0.681. The molecule has 1 heterocycles. The summed E-state index contributed by atoms with van der Waals surface area (Å²) in [6.07, 6.45) is -0.719. The van der Waals surface area contributed by atoms with Gasteiger partial charge in [-0.05, 0) is 53.4 Å².